The van der Waals surface area contributed by atoms with Crippen molar-refractivity contribution in [1.82, 2.24) is 0 Å². The zero-order valence-corrected chi connectivity index (χ0v) is 6.65. The van der Waals surface area contributed by atoms with E-state index in [0.717, 1.165) is 0 Å². The zero-order valence-electron chi connectivity index (χ0n) is 6.65. The van der Waals surface area contributed by atoms with Crippen LogP contribution in [0.15, 0.2) is 0 Å². The first kappa shape index (κ1) is 13.5. The van der Waals surface area contributed by atoms with E-state index in [2.05, 4.69) is 22.9 Å². The minimum atomic E-state index is -1.10. The molecular formula is C5H10N4O4. The standard InChI is InChI=1S/C3H6N2O2.C2H4N2O2/c4-2(6)1-3(5)7;3-1(5)2(4)6/h1H2,(H2,4,6)(H2,5,7);(H2,3,5)(H2,4,6). The Morgan fingerprint density at radius 2 is 0.923 bits per heavy atom. The number of amides is 4. The van der Waals surface area contributed by atoms with Crippen molar-refractivity contribution in [2.24, 2.45) is 22.9 Å². The molecule has 8 N–H and O–H groups in total. The van der Waals surface area contributed by atoms with Crippen molar-refractivity contribution in [3.63, 3.8) is 0 Å². The van der Waals surface area contributed by atoms with Gasteiger partial charge in [0.1, 0.15) is 6.42 Å². The quantitative estimate of drug-likeness (QED) is 0.259. The summed E-state index contributed by atoms with van der Waals surface area (Å²) in [5.74, 6) is -3.58. The van der Waals surface area contributed by atoms with E-state index in [4.69, 9.17) is 0 Å². The van der Waals surface area contributed by atoms with Crippen LogP contribution in [-0.2, 0) is 19.2 Å². The van der Waals surface area contributed by atoms with E-state index in [-0.39, 0.29) is 6.42 Å². The summed E-state index contributed by atoms with van der Waals surface area (Å²) in [5.41, 5.74) is 17.8. The van der Waals surface area contributed by atoms with E-state index in [1.54, 1.807) is 0 Å². The Bertz CT molecular complexity index is 213. The van der Waals surface area contributed by atoms with E-state index < -0.39 is 23.6 Å². The molecule has 8 heteroatoms. The average molecular weight is 190 g/mol. The van der Waals surface area contributed by atoms with Gasteiger partial charge in [-0.15, -0.1) is 0 Å². The van der Waals surface area contributed by atoms with Crippen LogP contribution in [-0.4, -0.2) is 23.6 Å². The Morgan fingerprint density at radius 3 is 0.923 bits per heavy atom. The van der Waals surface area contributed by atoms with Crippen molar-refractivity contribution in [3.8, 4) is 0 Å². The molecule has 0 atom stereocenters. The van der Waals surface area contributed by atoms with E-state index in [1.165, 1.54) is 0 Å². The van der Waals surface area contributed by atoms with Crippen molar-refractivity contribution in [1.29, 1.82) is 0 Å². The summed E-state index contributed by atoms with van der Waals surface area (Å²) in [5, 5.41) is 0. The third kappa shape index (κ3) is 17.7. The molecule has 0 unspecified atom stereocenters. The van der Waals surface area contributed by atoms with Crippen molar-refractivity contribution in [3.05, 3.63) is 0 Å². The maximum Gasteiger partial charge on any atom is 0.306 e. The van der Waals surface area contributed by atoms with Gasteiger partial charge in [0.2, 0.25) is 11.8 Å². The number of hydrogen-bond acceptors (Lipinski definition) is 4. The first-order valence-corrected chi connectivity index (χ1v) is 2.93. The molecule has 0 radical (unpaired) electrons. The van der Waals surface area contributed by atoms with Gasteiger partial charge in [0.25, 0.3) is 0 Å². The van der Waals surface area contributed by atoms with Gasteiger partial charge in [0, 0.05) is 0 Å². The maximum atomic E-state index is 9.73. The molecule has 0 aliphatic carbocycles. The van der Waals surface area contributed by atoms with Gasteiger partial charge in [-0.3, -0.25) is 19.2 Å². The lowest BCUT2D eigenvalue weighted by Gasteiger charge is -1.82. The highest BCUT2D eigenvalue weighted by Gasteiger charge is 1.97. The summed E-state index contributed by atoms with van der Waals surface area (Å²) in [6.45, 7) is 0. The van der Waals surface area contributed by atoms with Crippen LogP contribution in [0.4, 0.5) is 0 Å². The Morgan fingerprint density at radius 1 is 0.692 bits per heavy atom. The Labute approximate surface area is 73.2 Å². The summed E-state index contributed by atoms with van der Waals surface area (Å²) in [7, 11) is 0. The molecule has 0 spiro atoms. The fourth-order valence-corrected chi connectivity index (χ4v) is 0.172. The topological polar surface area (TPSA) is 172 Å². The van der Waals surface area contributed by atoms with Crippen LogP contribution < -0.4 is 22.9 Å². The highest BCUT2D eigenvalue weighted by atomic mass is 16.2. The molecule has 0 rings (SSSR count). The van der Waals surface area contributed by atoms with E-state index >= 15 is 0 Å². The van der Waals surface area contributed by atoms with Crippen LogP contribution in [0.1, 0.15) is 6.42 Å². The van der Waals surface area contributed by atoms with Gasteiger partial charge in [-0.2, -0.15) is 0 Å². The predicted octanol–water partition coefficient (Wildman–Crippen LogP) is -3.70. The third-order valence-electron chi connectivity index (χ3n) is 0.591. The van der Waals surface area contributed by atoms with Crippen LogP contribution in [0.25, 0.3) is 0 Å². The van der Waals surface area contributed by atoms with Crippen molar-refractivity contribution in [2.75, 3.05) is 0 Å². The highest BCUT2D eigenvalue weighted by Crippen LogP contribution is 1.68. The molecule has 0 bridgehead atoms. The largest absolute Gasteiger partial charge is 0.369 e. The van der Waals surface area contributed by atoms with Crippen LogP contribution in [0.3, 0.4) is 0 Å². The van der Waals surface area contributed by atoms with E-state index in [0.29, 0.717) is 0 Å². The number of primary amides is 4. The minimum Gasteiger partial charge on any atom is -0.369 e. The molecule has 13 heavy (non-hydrogen) atoms. The monoisotopic (exact) mass is 190 g/mol. The molecule has 4 amide bonds. The molecule has 8 nitrogen and oxygen atoms in total. The highest BCUT2D eigenvalue weighted by molar-refractivity contribution is 6.33. The maximum absolute atomic E-state index is 9.73. The molecule has 74 valence electrons. The summed E-state index contributed by atoms with van der Waals surface area (Å²) >= 11 is 0. The molecule has 0 aliphatic heterocycles. The number of hydrogen-bond donors (Lipinski definition) is 4. The molecular weight excluding hydrogens is 180 g/mol. The SMILES string of the molecule is NC(=O)C(N)=O.NC(=O)CC(N)=O. The number of carbonyl (C=O) groups excluding carboxylic acids is 4. The summed E-state index contributed by atoms with van der Waals surface area (Å²) < 4.78 is 0. The Balaban J connectivity index is 0. The average Bonchev–Trinajstić information content (AvgIpc) is 1.84. The van der Waals surface area contributed by atoms with Gasteiger partial charge >= 0.3 is 11.8 Å². The van der Waals surface area contributed by atoms with Gasteiger partial charge in [-0.05, 0) is 0 Å². The lowest BCUT2D eigenvalue weighted by Crippen LogP contribution is -2.29. The molecule has 0 aliphatic rings. The molecule has 0 aromatic heterocycles. The predicted molar refractivity (Wildman–Crippen MR) is 41.4 cm³/mol. The Hall–Kier alpha value is -2.12. The molecule has 0 saturated carbocycles. The lowest BCUT2D eigenvalue weighted by molar-refractivity contribution is -0.135. The smallest absolute Gasteiger partial charge is 0.306 e. The fourth-order valence-electron chi connectivity index (χ4n) is 0.172. The summed E-state index contributed by atoms with van der Waals surface area (Å²) in [6.07, 6.45) is -0.361. The second-order valence-electron chi connectivity index (χ2n) is 1.84. The number of rotatable bonds is 2. The van der Waals surface area contributed by atoms with Crippen LogP contribution in [0.5, 0.6) is 0 Å². The lowest BCUT2D eigenvalue weighted by atomic mass is 10.4. The zero-order chi connectivity index (χ0) is 11.0. The van der Waals surface area contributed by atoms with E-state index in [1.807, 2.05) is 0 Å². The van der Waals surface area contributed by atoms with Crippen LogP contribution in [0, 0.1) is 0 Å². The normalized spacial score (nSPS) is 7.69. The second-order valence-corrected chi connectivity index (χ2v) is 1.84. The minimum absolute atomic E-state index is 0.361. The molecule has 0 aromatic rings. The van der Waals surface area contributed by atoms with Gasteiger partial charge in [0.15, 0.2) is 0 Å². The molecule has 0 heterocycles. The van der Waals surface area contributed by atoms with Crippen molar-refractivity contribution >= 4 is 23.6 Å². The van der Waals surface area contributed by atoms with Gasteiger partial charge in [0.05, 0.1) is 0 Å². The first-order chi connectivity index (χ1) is 5.77. The van der Waals surface area contributed by atoms with Crippen molar-refractivity contribution in [2.45, 2.75) is 6.42 Å². The Kier molecular flexibility index (Phi) is 6.82. The number of carbonyl (C=O) groups is 4. The van der Waals surface area contributed by atoms with Crippen LogP contribution >= 0.6 is 0 Å². The number of nitrogens with two attached hydrogens (primary N) is 4. The first-order valence-electron chi connectivity index (χ1n) is 2.93. The van der Waals surface area contributed by atoms with E-state index in [9.17, 15) is 19.2 Å². The summed E-state index contributed by atoms with van der Waals surface area (Å²) in [4.78, 5) is 38.4. The van der Waals surface area contributed by atoms with Gasteiger partial charge in [-0.1, -0.05) is 0 Å². The van der Waals surface area contributed by atoms with Gasteiger partial charge < -0.3 is 22.9 Å². The summed E-state index contributed by atoms with van der Waals surface area (Å²) in [6, 6.07) is 0. The van der Waals surface area contributed by atoms with Crippen molar-refractivity contribution < 1.29 is 19.2 Å². The third-order valence-corrected chi connectivity index (χ3v) is 0.591. The van der Waals surface area contributed by atoms with Gasteiger partial charge in [-0.25, -0.2) is 0 Å². The molecule has 0 saturated heterocycles. The second kappa shape index (κ2) is 6.58. The molecule has 0 aromatic carbocycles. The van der Waals surface area contributed by atoms with Crippen LogP contribution in [0.2, 0.25) is 0 Å². The fraction of sp³-hybridized carbons (Fsp3) is 0.200. The molecule has 0 fully saturated rings.